The molecule has 102 valence electrons. The predicted octanol–water partition coefficient (Wildman–Crippen LogP) is 4.74. The third kappa shape index (κ3) is 4.45. The zero-order valence-electron chi connectivity index (χ0n) is 12.7. The van der Waals surface area contributed by atoms with Crippen LogP contribution in [0.1, 0.15) is 65.0 Å². The maximum Gasteiger partial charge on any atom is 0.0681 e. The highest BCUT2D eigenvalue weighted by atomic mass is 16.3. The second kappa shape index (κ2) is 5.44. The number of aliphatic hydroxyl groups is 1. The lowest BCUT2D eigenvalue weighted by molar-refractivity contribution is 0.229. The van der Waals surface area contributed by atoms with Crippen LogP contribution in [0, 0.1) is 10.8 Å². The van der Waals surface area contributed by atoms with E-state index in [1.807, 2.05) is 12.1 Å². The van der Waals surface area contributed by atoms with E-state index < -0.39 is 0 Å². The third-order valence-corrected chi connectivity index (χ3v) is 3.43. The van der Waals surface area contributed by atoms with Crippen LogP contribution in [0.5, 0.6) is 0 Å². The molecule has 0 saturated carbocycles. The minimum atomic E-state index is 0.125. The van der Waals surface area contributed by atoms with E-state index in [4.69, 9.17) is 5.11 Å². The highest BCUT2D eigenvalue weighted by Crippen LogP contribution is 2.42. The van der Waals surface area contributed by atoms with Crippen molar-refractivity contribution < 1.29 is 5.11 Å². The number of benzene rings is 1. The van der Waals surface area contributed by atoms with Crippen molar-refractivity contribution in [1.82, 2.24) is 0 Å². The molecule has 0 aromatic heterocycles. The van der Waals surface area contributed by atoms with Crippen molar-refractivity contribution in [2.45, 2.75) is 60.5 Å². The Morgan fingerprint density at radius 2 is 1.44 bits per heavy atom. The maximum absolute atomic E-state index is 9.11. The Morgan fingerprint density at radius 3 is 1.78 bits per heavy atom. The van der Waals surface area contributed by atoms with E-state index in [-0.39, 0.29) is 12.0 Å². The molecule has 1 aromatic rings. The van der Waals surface area contributed by atoms with Crippen LogP contribution in [0.2, 0.25) is 0 Å². The van der Waals surface area contributed by atoms with Crippen LogP contribution >= 0.6 is 0 Å². The first-order chi connectivity index (χ1) is 8.13. The van der Waals surface area contributed by atoms with Gasteiger partial charge in [-0.2, -0.15) is 0 Å². The van der Waals surface area contributed by atoms with Gasteiger partial charge < -0.3 is 5.11 Å². The molecule has 0 aliphatic rings. The first-order valence-electron chi connectivity index (χ1n) is 6.83. The van der Waals surface area contributed by atoms with Gasteiger partial charge in [-0.15, -0.1) is 0 Å². The fraction of sp³-hybridized carbons (Fsp3) is 0.647. The smallest absolute Gasteiger partial charge is 0.0681 e. The monoisotopic (exact) mass is 248 g/mol. The molecule has 1 atom stereocenters. The Morgan fingerprint density at radius 1 is 0.944 bits per heavy atom. The topological polar surface area (TPSA) is 20.2 Å². The molecule has 0 aliphatic carbocycles. The summed E-state index contributed by atoms with van der Waals surface area (Å²) in [6.07, 6.45) is 1.18. The van der Waals surface area contributed by atoms with Crippen molar-refractivity contribution in [3.63, 3.8) is 0 Å². The first kappa shape index (κ1) is 15.2. The minimum Gasteiger partial charge on any atom is -0.392 e. The van der Waals surface area contributed by atoms with E-state index in [1.54, 1.807) is 0 Å². The molecule has 18 heavy (non-hydrogen) atoms. The molecule has 0 saturated heterocycles. The van der Waals surface area contributed by atoms with Gasteiger partial charge in [-0.25, -0.2) is 0 Å². The van der Waals surface area contributed by atoms with Crippen molar-refractivity contribution in [2.75, 3.05) is 0 Å². The molecule has 1 rings (SSSR count). The van der Waals surface area contributed by atoms with Gasteiger partial charge in [0, 0.05) is 0 Å². The molecule has 0 heterocycles. The molecule has 0 spiro atoms. The fourth-order valence-electron chi connectivity index (χ4n) is 2.39. The van der Waals surface area contributed by atoms with Gasteiger partial charge in [0.15, 0.2) is 0 Å². The standard InChI is InChI=1S/C17H28O/c1-16(2,3)11-15(17(4,5)6)14-9-7-13(12-18)8-10-14/h7-10,15,18H,11-12H2,1-6H3. The second-order valence-corrected chi connectivity index (χ2v) is 7.58. The van der Waals surface area contributed by atoms with Crippen LogP contribution in [0.25, 0.3) is 0 Å². The lowest BCUT2D eigenvalue weighted by Gasteiger charge is -2.36. The van der Waals surface area contributed by atoms with Gasteiger partial charge >= 0.3 is 0 Å². The molecular weight excluding hydrogens is 220 g/mol. The Balaban J connectivity index is 3.02. The van der Waals surface area contributed by atoms with Gasteiger partial charge in [-0.1, -0.05) is 65.8 Å². The van der Waals surface area contributed by atoms with Crippen molar-refractivity contribution in [1.29, 1.82) is 0 Å². The Bertz CT molecular complexity index is 362. The maximum atomic E-state index is 9.11. The average Bonchev–Trinajstić information content (AvgIpc) is 2.24. The molecule has 0 bridgehead atoms. The van der Waals surface area contributed by atoms with Crippen LogP contribution in [-0.2, 0) is 6.61 Å². The number of aliphatic hydroxyl groups excluding tert-OH is 1. The molecule has 1 nitrogen and oxygen atoms in total. The molecule has 0 radical (unpaired) electrons. The average molecular weight is 248 g/mol. The summed E-state index contributed by atoms with van der Waals surface area (Å²) in [4.78, 5) is 0. The highest BCUT2D eigenvalue weighted by molar-refractivity contribution is 5.26. The summed E-state index contributed by atoms with van der Waals surface area (Å²) in [5.41, 5.74) is 2.96. The quantitative estimate of drug-likeness (QED) is 0.818. The number of hydrogen-bond donors (Lipinski definition) is 1. The Hall–Kier alpha value is -0.820. The molecule has 0 fully saturated rings. The van der Waals surface area contributed by atoms with Gasteiger partial charge in [0.1, 0.15) is 0 Å². The van der Waals surface area contributed by atoms with Crippen LogP contribution in [0.15, 0.2) is 24.3 Å². The summed E-state index contributed by atoms with van der Waals surface area (Å²) in [5, 5.41) is 9.11. The van der Waals surface area contributed by atoms with E-state index >= 15 is 0 Å². The van der Waals surface area contributed by atoms with Crippen LogP contribution in [0.3, 0.4) is 0 Å². The summed E-state index contributed by atoms with van der Waals surface area (Å²) < 4.78 is 0. The van der Waals surface area contributed by atoms with Crippen LogP contribution < -0.4 is 0 Å². The second-order valence-electron chi connectivity index (χ2n) is 7.58. The SMILES string of the molecule is CC(C)(C)CC(c1ccc(CO)cc1)C(C)(C)C. The van der Waals surface area contributed by atoms with Gasteiger partial charge in [0.05, 0.1) is 6.61 Å². The molecule has 0 amide bonds. The van der Waals surface area contributed by atoms with Gasteiger partial charge in [-0.3, -0.25) is 0 Å². The van der Waals surface area contributed by atoms with Gasteiger partial charge in [-0.05, 0) is 34.3 Å². The third-order valence-electron chi connectivity index (χ3n) is 3.43. The number of rotatable bonds is 3. The van der Waals surface area contributed by atoms with Gasteiger partial charge in [0.2, 0.25) is 0 Å². The fourth-order valence-corrected chi connectivity index (χ4v) is 2.39. The Labute approximate surface area is 112 Å². The summed E-state index contributed by atoms with van der Waals surface area (Å²) in [5.74, 6) is 0.547. The van der Waals surface area contributed by atoms with Gasteiger partial charge in [0.25, 0.3) is 0 Å². The minimum absolute atomic E-state index is 0.125. The number of hydrogen-bond acceptors (Lipinski definition) is 1. The van der Waals surface area contributed by atoms with E-state index in [2.05, 4.69) is 53.7 Å². The van der Waals surface area contributed by atoms with E-state index in [0.717, 1.165) is 5.56 Å². The van der Waals surface area contributed by atoms with Crippen molar-refractivity contribution >= 4 is 0 Å². The van der Waals surface area contributed by atoms with Crippen molar-refractivity contribution in [3.05, 3.63) is 35.4 Å². The molecular formula is C17H28O. The molecule has 1 unspecified atom stereocenters. The van der Waals surface area contributed by atoms with E-state index in [0.29, 0.717) is 11.3 Å². The zero-order valence-corrected chi connectivity index (χ0v) is 12.7. The lowest BCUT2D eigenvalue weighted by Crippen LogP contribution is -2.23. The summed E-state index contributed by atoms with van der Waals surface area (Å²) in [6, 6.07) is 8.42. The van der Waals surface area contributed by atoms with Crippen molar-refractivity contribution in [2.24, 2.45) is 10.8 Å². The van der Waals surface area contributed by atoms with Crippen molar-refractivity contribution in [3.8, 4) is 0 Å². The largest absolute Gasteiger partial charge is 0.392 e. The summed E-state index contributed by atoms with van der Waals surface area (Å²) in [6.45, 7) is 13.9. The van der Waals surface area contributed by atoms with Crippen LogP contribution in [0.4, 0.5) is 0 Å². The van der Waals surface area contributed by atoms with E-state index in [9.17, 15) is 0 Å². The van der Waals surface area contributed by atoms with Crippen LogP contribution in [-0.4, -0.2) is 5.11 Å². The normalized spacial score (nSPS) is 14.6. The Kier molecular flexibility index (Phi) is 4.61. The first-order valence-corrected chi connectivity index (χ1v) is 6.83. The summed E-state index contributed by atoms with van der Waals surface area (Å²) in [7, 11) is 0. The predicted molar refractivity (Wildman–Crippen MR) is 78.6 cm³/mol. The lowest BCUT2D eigenvalue weighted by atomic mass is 9.69. The molecule has 1 N–H and O–H groups in total. The molecule has 1 aromatic carbocycles. The zero-order chi connectivity index (χ0) is 14.0. The summed E-state index contributed by atoms with van der Waals surface area (Å²) >= 11 is 0. The molecule has 0 aliphatic heterocycles. The van der Waals surface area contributed by atoms with E-state index in [1.165, 1.54) is 12.0 Å². The highest BCUT2D eigenvalue weighted by Gasteiger charge is 2.30. The molecule has 1 heteroatoms.